The van der Waals surface area contributed by atoms with Crippen molar-refractivity contribution in [1.29, 1.82) is 0 Å². The predicted octanol–water partition coefficient (Wildman–Crippen LogP) is 5.57. The van der Waals surface area contributed by atoms with Gasteiger partial charge in [-0.25, -0.2) is 0 Å². The molecule has 2 aromatic rings. The van der Waals surface area contributed by atoms with Crippen LogP contribution in [0, 0.1) is 0 Å². The first-order chi connectivity index (χ1) is 10.2. The van der Waals surface area contributed by atoms with Gasteiger partial charge in [0.1, 0.15) is 12.4 Å². The van der Waals surface area contributed by atoms with Crippen LogP contribution in [0.15, 0.2) is 48.5 Å². The minimum absolute atomic E-state index is 0.203. The van der Waals surface area contributed by atoms with Gasteiger partial charge in [0.15, 0.2) is 0 Å². The molecule has 0 amide bonds. The Balaban J connectivity index is 1.63. The zero-order valence-electron chi connectivity index (χ0n) is 11.8. The van der Waals surface area contributed by atoms with Crippen LogP contribution >= 0.6 is 35.1 Å². The monoisotopic (exact) mass is 336 g/mol. The quantitative estimate of drug-likeness (QED) is 0.722. The van der Waals surface area contributed by atoms with Crippen molar-refractivity contribution < 1.29 is 4.74 Å². The van der Waals surface area contributed by atoms with Gasteiger partial charge in [-0.1, -0.05) is 35.9 Å². The molecule has 1 saturated heterocycles. The smallest absolute Gasteiger partial charge is 0.119 e. The maximum Gasteiger partial charge on any atom is 0.119 e. The summed E-state index contributed by atoms with van der Waals surface area (Å²) in [5, 5.41) is 0.753. The van der Waals surface area contributed by atoms with E-state index in [0.29, 0.717) is 6.61 Å². The van der Waals surface area contributed by atoms with Crippen LogP contribution in [-0.2, 0) is 10.7 Å². The van der Waals surface area contributed by atoms with E-state index in [1.807, 2.05) is 47.8 Å². The average molecular weight is 337 g/mol. The van der Waals surface area contributed by atoms with Gasteiger partial charge in [-0.05, 0) is 42.3 Å². The average Bonchev–Trinajstić information content (AvgIpc) is 2.95. The fourth-order valence-corrected chi connectivity index (χ4v) is 5.29. The zero-order chi connectivity index (χ0) is 14.7. The first-order valence-electron chi connectivity index (χ1n) is 6.91. The normalized spacial score (nSPS) is 16.9. The number of ether oxygens (including phenoxy) is 1. The molecule has 1 aliphatic heterocycles. The molecule has 1 aliphatic rings. The van der Waals surface area contributed by atoms with Crippen molar-refractivity contribution in [2.75, 3.05) is 11.5 Å². The SMILES string of the molecule is CC1(c2ccc(OCc3ccc(Cl)cc3)cc2)SCCS1. The molecule has 0 N–H and O–H groups in total. The van der Waals surface area contributed by atoms with Crippen molar-refractivity contribution in [3.63, 3.8) is 0 Å². The van der Waals surface area contributed by atoms with Gasteiger partial charge in [0.05, 0.1) is 4.08 Å². The van der Waals surface area contributed by atoms with Crippen LogP contribution in [-0.4, -0.2) is 11.5 Å². The Morgan fingerprint density at radius 2 is 1.62 bits per heavy atom. The number of rotatable bonds is 4. The van der Waals surface area contributed by atoms with Crippen molar-refractivity contribution in [2.45, 2.75) is 17.6 Å². The molecule has 1 heterocycles. The Morgan fingerprint density at radius 3 is 2.24 bits per heavy atom. The summed E-state index contributed by atoms with van der Waals surface area (Å²) in [5.41, 5.74) is 2.49. The highest BCUT2D eigenvalue weighted by atomic mass is 35.5. The summed E-state index contributed by atoms with van der Waals surface area (Å²) in [5.74, 6) is 3.37. The van der Waals surface area contributed by atoms with Crippen LogP contribution in [0.2, 0.25) is 5.02 Å². The zero-order valence-corrected chi connectivity index (χ0v) is 14.2. The van der Waals surface area contributed by atoms with Crippen LogP contribution < -0.4 is 4.74 Å². The Bertz CT molecular complexity index is 589. The molecule has 0 spiro atoms. The predicted molar refractivity (Wildman–Crippen MR) is 94.5 cm³/mol. The molecule has 0 radical (unpaired) electrons. The van der Waals surface area contributed by atoms with Gasteiger partial charge in [0.2, 0.25) is 0 Å². The largest absolute Gasteiger partial charge is 0.489 e. The number of benzene rings is 2. The third-order valence-electron chi connectivity index (χ3n) is 3.54. The molecule has 110 valence electrons. The number of hydrogen-bond donors (Lipinski definition) is 0. The lowest BCUT2D eigenvalue weighted by Crippen LogP contribution is -2.08. The topological polar surface area (TPSA) is 9.23 Å². The maximum atomic E-state index is 5.88. The summed E-state index contributed by atoms with van der Waals surface area (Å²) in [6, 6.07) is 16.3. The Kier molecular flexibility index (Phi) is 4.72. The standard InChI is InChI=1S/C17H17ClOS2/c1-17(20-10-11-21-17)14-4-8-16(9-5-14)19-12-13-2-6-15(18)7-3-13/h2-9H,10-12H2,1H3. The summed E-state index contributed by atoms with van der Waals surface area (Å²) in [4.78, 5) is 0. The second kappa shape index (κ2) is 6.55. The minimum Gasteiger partial charge on any atom is -0.489 e. The number of hydrogen-bond acceptors (Lipinski definition) is 3. The fraction of sp³-hybridized carbons (Fsp3) is 0.294. The molecule has 1 nitrogen and oxygen atoms in total. The highest BCUT2D eigenvalue weighted by molar-refractivity contribution is 8.20. The van der Waals surface area contributed by atoms with Crippen LogP contribution in [0.4, 0.5) is 0 Å². The van der Waals surface area contributed by atoms with Crippen molar-refractivity contribution >= 4 is 35.1 Å². The fourth-order valence-electron chi connectivity index (χ4n) is 2.28. The molecule has 0 atom stereocenters. The van der Waals surface area contributed by atoms with E-state index in [0.717, 1.165) is 16.3 Å². The Hall–Kier alpha value is -0.770. The van der Waals surface area contributed by atoms with Crippen LogP contribution in [0.5, 0.6) is 5.75 Å². The van der Waals surface area contributed by atoms with E-state index >= 15 is 0 Å². The highest BCUT2D eigenvalue weighted by Crippen LogP contribution is 2.51. The van der Waals surface area contributed by atoms with Crippen molar-refractivity contribution in [1.82, 2.24) is 0 Å². The molecular formula is C17H17ClOS2. The maximum absolute atomic E-state index is 5.88. The van der Waals surface area contributed by atoms with E-state index in [1.165, 1.54) is 17.1 Å². The van der Waals surface area contributed by atoms with Crippen molar-refractivity contribution in [3.8, 4) is 5.75 Å². The molecule has 2 aromatic carbocycles. The summed E-state index contributed by atoms with van der Waals surface area (Å²) in [6.07, 6.45) is 0. The molecule has 0 saturated carbocycles. The molecule has 0 bridgehead atoms. The number of thioether (sulfide) groups is 2. The van der Waals surface area contributed by atoms with Gasteiger partial charge in [-0.3, -0.25) is 0 Å². The summed E-state index contributed by atoms with van der Waals surface area (Å²) in [6.45, 7) is 2.87. The molecule has 0 unspecified atom stereocenters. The van der Waals surface area contributed by atoms with Gasteiger partial charge >= 0.3 is 0 Å². The Labute approximate surface area is 139 Å². The Morgan fingerprint density at radius 1 is 1.00 bits per heavy atom. The van der Waals surface area contributed by atoms with E-state index in [-0.39, 0.29) is 4.08 Å². The summed E-state index contributed by atoms with van der Waals surface area (Å²) in [7, 11) is 0. The van der Waals surface area contributed by atoms with Gasteiger partial charge in [0, 0.05) is 16.5 Å². The van der Waals surface area contributed by atoms with Gasteiger partial charge in [0.25, 0.3) is 0 Å². The van der Waals surface area contributed by atoms with E-state index < -0.39 is 0 Å². The van der Waals surface area contributed by atoms with E-state index in [1.54, 1.807) is 0 Å². The second-order valence-corrected chi connectivity index (χ2v) is 8.80. The molecule has 3 rings (SSSR count). The molecule has 21 heavy (non-hydrogen) atoms. The van der Waals surface area contributed by atoms with E-state index in [2.05, 4.69) is 31.2 Å². The van der Waals surface area contributed by atoms with Crippen LogP contribution in [0.1, 0.15) is 18.1 Å². The molecular weight excluding hydrogens is 320 g/mol. The lowest BCUT2D eigenvalue weighted by Gasteiger charge is -2.22. The molecule has 1 fully saturated rings. The lowest BCUT2D eigenvalue weighted by molar-refractivity contribution is 0.306. The first-order valence-corrected chi connectivity index (χ1v) is 9.26. The third-order valence-corrected chi connectivity index (χ3v) is 7.14. The van der Waals surface area contributed by atoms with Crippen LogP contribution in [0.25, 0.3) is 0 Å². The van der Waals surface area contributed by atoms with E-state index in [4.69, 9.17) is 16.3 Å². The van der Waals surface area contributed by atoms with Gasteiger partial charge in [-0.2, -0.15) is 0 Å². The molecule has 0 aromatic heterocycles. The number of halogens is 1. The lowest BCUT2D eigenvalue weighted by atomic mass is 10.1. The minimum atomic E-state index is 0.203. The summed E-state index contributed by atoms with van der Waals surface area (Å²) >= 11 is 9.93. The van der Waals surface area contributed by atoms with Gasteiger partial charge < -0.3 is 4.74 Å². The van der Waals surface area contributed by atoms with E-state index in [9.17, 15) is 0 Å². The summed E-state index contributed by atoms with van der Waals surface area (Å²) < 4.78 is 6.03. The first kappa shape index (κ1) is 15.1. The third kappa shape index (κ3) is 3.71. The van der Waals surface area contributed by atoms with Crippen molar-refractivity contribution in [3.05, 3.63) is 64.7 Å². The van der Waals surface area contributed by atoms with Crippen LogP contribution in [0.3, 0.4) is 0 Å². The second-order valence-electron chi connectivity index (χ2n) is 5.08. The molecule has 0 aliphatic carbocycles. The highest BCUT2D eigenvalue weighted by Gasteiger charge is 2.32. The van der Waals surface area contributed by atoms with Crippen molar-refractivity contribution in [2.24, 2.45) is 0 Å². The van der Waals surface area contributed by atoms with Gasteiger partial charge in [-0.15, -0.1) is 23.5 Å². The molecule has 4 heteroatoms.